The summed E-state index contributed by atoms with van der Waals surface area (Å²) in [7, 11) is 0. The second-order valence-corrected chi connectivity index (χ2v) is 6.74. The van der Waals surface area contributed by atoms with E-state index in [1.807, 2.05) is 73.0 Å². The van der Waals surface area contributed by atoms with Gasteiger partial charge in [-0.05, 0) is 38.1 Å². The van der Waals surface area contributed by atoms with E-state index in [1.54, 1.807) is 6.33 Å². The van der Waals surface area contributed by atoms with Crippen LogP contribution in [0.5, 0.6) is 0 Å². The highest BCUT2D eigenvalue weighted by molar-refractivity contribution is 8.00. The van der Waals surface area contributed by atoms with Crippen LogP contribution in [0, 0.1) is 6.92 Å². The molecule has 0 aliphatic carbocycles. The molecule has 1 amide bonds. The second-order valence-electron chi connectivity index (χ2n) is 5.43. The third-order valence-corrected chi connectivity index (χ3v) is 4.58. The molecular weight excluding hydrogens is 320 g/mol. The Bertz CT molecular complexity index is 815. The molecule has 1 heterocycles. The average molecular weight is 338 g/mol. The highest BCUT2D eigenvalue weighted by atomic mass is 32.2. The van der Waals surface area contributed by atoms with Gasteiger partial charge in [0.05, 0.1) is 5.25 Å². The van der Waals surface area contributed by atoms with Gasteiger partial charge in [-0.15, -0.1) is 10.2 Å². The van der Waals surface area contributed by atoms with Crippen LogP contribution in [0.3, 0.4) is 0 Å². The van der Waals surface area contributed by atoms with Crippen molar-refractivity contribution >= 4 is 23.4 Å². The lowest BCUT2D eigenvalue weighted by Crippen LogP contribution is -2.22. The largest absolute Gasteiger partial charge is 0.325 e. The zero-order valence-corrected chi connectivity index (χ0v) is 14.3. The monoisotopic (exact) mass is 338 g/mol. The maximum absolute atomic E-state index is 12.4. The summed E-state index contributed by atoms with van der Waals surface area (Å²) in [6.07, 6.45) is 1.66. The third kappa shape index (κ3) is 3.83. The van der Waals surface area contributed by atoms with Gasteiger partial charge in [0.15, 0.2) is 5.16 Å². The van der Waals surface area contributed by atoms with Gasteiger partial charge < -0.3 is 5.32 Å². The number of anilines is 1. The van der Waals surface area contributed by atoms with Crippen molar-refractivity contribution in [2.75, 3.05) is 5.32 Å². The summed E-state index contributed by atoms with van der Waals surface area (Å²) in [6.45, 7) is 3.87. The molecule has 3 rings (SSSR count). The van der Waals surface area contributed by atoms with E-state index in [4.69, 9.17) is 0 Å². The van der Waals surface area contributed by atoms with Crippen LogP contribution in [-0.2, 0) is 4.79 Å². The summed E-state index contributed by atoms with van der Waals surface area (Å²) in [6, 6.07) is 17.6. The Balaban J connectivity index is 1.69. The Morgan fingerprint density at radius 3 is 2.54 bits per heavy atom. The van der Waals surface area contributed by atoms with Gasteiger partial charge in [0.25, 0.3) is 0 Å². The number of rotatable bonds is 5. The minimum Gasteiger partial charge on any atom is -0.325 e. The molecule has 1 aromatic heterocycles. The highest BCUT2D eigenvalue weighted by Gasteiger charge is 2.18. The zero-order valence-electron chi connectivity index (χ0n) is 13.5. The molecule has 1 N–H and O–H groups in total. The molecule has 122 valence electrons. The van der Waals surface area contributed by atoms with Gasteiger partial charge in [0.2, 0.25) is 5.91 Å². The molecule has 5 nitrogen and oxygen atoms in total. The maximum Gasteiger partial charge on any atom is 0.237 e. The van der Waals surface area contributed by atoms with Crippen LogP contribution in [0.4, 0.5) is 5.69 Å². The SMILES string of the molecule is Cc1ccc(NC(=O)[C@H](C)Sc2nncn2-c2ccccc2)cc1. The zero-order chi connectivity index (χ0) is 16.9. The smallest absolute Gasteiger partial charge is 0.237 e. The Hall–Kier alpha value is -2.60. The molecule has 0 aliphatic heterocycles. The molecule has 6 heteroatoms. The van der Waals surface area contributed by atoms with Gasteiger partial charge in [-0.3, -0.25) is 9.36 Å². The van der Waals surface area contributed by atoms with Crippen LogP contribution in [0.15, 0.2) is 66.1 Å². The van der Waals surface area contributed by atoms with Gasteiger partial charge in [-0.2, -0.15) is 0 Å². The first-order valence-electron chi connectivity index (χ1n) is 7.63. The fraction of sp³-hybridized carbons (Fsp3) is 0.167. The number of hydrogen-bond acceptors (Lipinski definition) is 4. The molecule has 2 aromatic carbocycles. The summed E-state index contributed by atoms with van der Waals surface area (Å²) in [5, 5.41) is 11.4. The summed E-state index contributed by atoms with van der Waals surface area (Å²) in [4.78, 5) is 12.4. The summed E-state index contributed by atoms with van der Waals surface area (Å²) >= 11 is 1.38. The number of hydrogen-bond donors (Lipinski definition) is 1. The number of aryl methyl sites for hydroxylation is 1. The first kappa shape index (κ1) is 16.3. The number of amides is 1. The predicted octanol–water partition coefficient (Wildman–Crippen LogP) is 3.70. The lowest BCUT2D eigenvalue weighted by molar-refractivity contribution is -0.115. The molecule has 3 aromatic rings. The van der Waals surface area contributed by atoms with Crippen LogP contribution in [0.1, 0.15) is 12.5 Å². The fourth-order valence-corrected chi connectivity index (χ4v) is 3.01. The van der Waals surface area contributed by atoms with Gasteiger partial charge in [-0.1, -0.05) is 47.7 Å². The van der Waals surface area contributed by atoms with Crippen molar-refractivity contribution in [3.63, 3.8) is 0 Å². The van der Waals surface area contributed by atoms with Gasteiger partial charge in [0, 0.05) is 11.4 Å². The van der Waals surface area contributed by atoms with Crippen molar-refractivity contribution in [2.45, 2.75) is 24.3 Å². The summed E-state index contributed by atoms with van der Waals surface area (Å²) < 4.78 is 1.88. The van der Waals surface area contributed by atoms with Crippen LogP contribution >= 0.6 is 11.8 Å². The van der Waals surface area contributed by atoms with Crippen molar-refractivity contribution < 1.29 is 4.79 Å². The standard InChI is InChI=1S/C18H18N4OS/c1-13-8-10-15(11-9-13)20-17(23)14(2)24-18-21-19-12-22(18)16-6-4-3-5-7-16/h3-12,14H,1-2H3,(H,20,23)/t14-/m0/s1. The van der Waals surface area contributed by atoms with E-state index in [0.29, 0.717) is 5.16 Å². The van der Waals surface area contributed by atoms with E-state index in [2.05, 4.69) is 15.5 Å². The van der Waals surface area contributed by atoms with Crippen molar-refractivity contribution in [3.05, 3.63) is 66.5 Å². The molecule has 24 heavy (non-hydrogen) atoms. The molecule has 1 atom stereocenters. The topological polar surface area (TPSA) is 59.8 Å². The van der Waals surface area contributed by atoms with Gasteiger partial charge in [-0.25, -0.2) is 0 Å². The molecular formula is C18H18N4OS. The number of benzene rings is 2. The number of nitrogens with one attached hydrogen (secondary N) is 1. The first-order valence-corrected chi connectivity index (χ1v) is 8.51. The molecule has 0 bridgehead atoms. The van der Waals surface area contributed by atoms with E-state index in [-0.39, 0.29) is 11.2 Å². The number of aromatic nitrogens is 3. The molecule has 0 saturated carbocycles. The van der Waals surface area contributed by atoms with E-state index in [9.17, 15) is 4.79 Å². The van der Waals surface area contributed by atoms with Crippen molar-refractivity contribution in [1.29, 1.82) is 0 Å². The van der Waals surface area contributed by atoms with Crippen LogP contribution in [-0.4, -0.2) is 25.9 Å². The Morgan fingerprint density at radius 2 is 1.83 bits per heavy atom. The van der Waals surface area contributed by atoms with E-state index in [0.717, 1.165) is 16.9 Å². The van der Waals surface area contributed by atoms with Crippen molar-refractivity contribution in [1.82, 2.24) is 14.8 Å². The molecule has 0 radical (unpaired) electrons. The predicted molar refractivity (Wildman–Crippen MR) is 96.5 cm³/mol. The normalized spacial score (nSPS) is 11.9. The summed E-state index contributed by atoms with van der Waals surface area (Å²) in [5.74, 6) is -0.0635. The fourth-order valence-electron chi connectivity index (χ4n) is 2.16. The lowest BCUT2D eigenvalue weighted by atomic mass is 10.2. The van der Waals surface area contributed by atoms with Gasteiger partial charge in [0.1, 0.15) is 6.33 Å². The lowest BCUT2D eigenvalue weighted by Gasteiger charge is -2.12. The van der Waals surface area contributed by atoms with Crippen molar-refractivity contribution in [3.8, 4) is 5.69 Å². The molecule has 0 fully saturated rings. The van der Waals surface area contributed by atoms with Gasteiger partial charge >= 0.3 is 0 Å². The number of carbonyl (C=O) groups excluding carboxylic acids is 1. The molecule has 0 aliphatic rings. The van der Waals surface area contributed by atoms with Crippen molar-refractivity contribution in [2.24, 2.45) is 0 Å². The first-order chi connectivity index (χ1) is 11.6. The van der Waals surface area contributed by atoms with Crippen LogP contribution < -0.4 is 5.32 Å². The van der Waals surface area contributed by atoms with E-state index >= 15 is 0 Å². The Morgan fingerprint density at radius 1 is 1.12 bits per heavy atom. The Kier molecular flexibility index (Phi) is 4.96. The molecule has 0 saturated heterocycles. The number of thioether (sulfide) groups is 1. The van der Waals surface area contributed by atoms with E-state index in [1.165, 1.54) is 11.8 Å². The highest BCUT2D eigenvalue weighted by Crippen LogP contribution is 2.24. The minimum atomic E-state index is -0.294. The molecule has 0 spiro atoms. The quantitative estimate of drug-likeness (QED) is 0.721. The third-order valence-electron chi connectivity index (χ3n) is 3.52. The van der Waals surface area contributed by atoms with E-state index < -0.39 is 0 Å². The second kappa shape index (κ2) is 7.31. The number of nitrogens with zero attached hydrogens (tertiary/aromatic N) is 3. The molecule has 0 unspecified atom stereocenters. The van der Waals surface area contributed by atoms with Crippen LogP contribution in [0.25, 0.3) is 5.69 Å². The number of carbonyl (C=O) groups is 1. The average Bonchev–Trinajstić information content (AvgIpc) is 3.05. The number of para-hydroxylation sites is 1. The van der Waals surface area contributed by atoms with Crippen LogP contribution in [0.2, 0.25) is 0 Å². The maximum atomic E-state index is 12.4. The minimum absolute atomic E-state index is 0.0635. The summed E-state index contributed by atoms with van der Waals surface area (Å²) in [5.41, 5.74) is 2.92. The Labute approximate surface area is 145 Å².